The molecule has 1 amide bonds. The third-order valence-electron chi connectivity index (χ3n) is 4.07. The Hall–Kier alpha value is -3.13. The van der Waals surface area contributed by atoms with Crippen LogP contribution in [-0.4, -0.2) is 33.5 Å². The zero-order valence-corrected chi connectivity index (χ0v) is 16.8. The summed E-state index contributed by atoms with van der Waals surface area (Å²) in [6.45, 7) is 4.32. The summed E-state index contributed by atoms with van der Waals surface area (Å²) in [5.41, 5.74) is 1.49. The molecule has 8 heteroatoms. The number of benzene rings is 2. The largest absolute Gasteiger partial charge is 0.497 e. The zero-order chi connectivity index (χ0) is 20.6. The van der Waals surface area contributed by atoms with E-state index in [1.54, 1.807) is 25.3 Å². The van der Waals surface area contributed by atoms with Crippen molar-refractivity contribution < 1.29 is 13.9 Å². The molecule has 0 radical (unpaired) electrons. The van der Waals surface area contributed by atoms with E-state index in [0.717, 1.165) is 17.1 Å². The van der Waals surface area contributed by atoms with Crippen LogP contribution in [-0.2, 0) is 17.8 Å². The summed E-state index contributed by atoms with van der Waals surface area (Å²) < 4.78 is 20.3. The maximum atomic E-state index is 13.2. The summed E-state index contributed by atoms with van der Waals surface area (Å²) in [6.07, 6.45) is 2.36. The van der Waals surface area contributed by atoms with Crippen LogP contribution in [0.25, 0.3) is 0 Å². The van der Waals surface area contributed by atoms with Crippen molar-refractivity contribution in [2.75, 3.05) is 18.2 Å². The van der Waals surface area contributed by atoms with Crippen molar-refractivity contribution in [3.05, 3.63) is 78.4 Å². The van der Waals surface area contributed by atoms with E-state index in [4.69, 9.17) is 4.74 Å². The lowest BCUT2D eigenvalue weighted by Crippen LogP contribution is -2.15. The van der Waals surface area contributed by atoms with Gasteiger partial charge in [-0.1, -0.05) is 36.0 Å². The van der Waals surface area contributed by atoms with Gasteiger partial charge in [-0.25, -0.2) is 4.39 Å². The predicted octanol–water partition coefficient (Wildman–Crippen LogP) is 3.93. The highest BCUT2D eigenvalue weighted by Crippen LogP contribution is 2.20. The van der Waals surface area contributed by atoms with Crippen LogP contribution in [0.5, 0.6) is 5.75 Å². The second-order valence-corrected chi connectivity index (χ2v) is 7.11. The van der Waals surface area contributed by atoms with Gasteiger partial charge in [0.25, 0.3) is 0 Å². The maximum Gasteiger partial charge on any atom is 0.234 e. The molecule has 0 saturated heterocycles. The number of aromatic nitrogens is 3. The van der Waals surface area contributed by atoms with Gasteiger partial charge in [-0.3, -0.25) is 4.79 Å². The molecule has 0 saturated carbocycles. The first-order valence-electron chi connectivity index (χ1n) is 8.93. The Morgan fingerprint density at radius 2 is 2.07 bits per heavy atom. The van der Waals surface area contributed by atoms with Gasteiger partial charge in [0.05, 0.1) is 12.9 Å². The molecular formula is C21H21FN4O2S. The van der Waals surface area contributed by atoms with Gasteiger partial charge in [0.15, 0.2) is 5.16 Å². The Morgan fingerprint density at radius 1 is 1.28 bits per heavy atom. The smallest absolute Gasteiger partial charge is 0.234 e. The highest BCUT2D eigenvalue weighted by molar-refractivity contribution is 7.99. The molecule has 0 aliphatic heterocycles. The molecule has 3 rings (SSSR count). The number of nitrogens with zero attached hydrogens (tertiary/aromatic N) is 3. The fraction of sp³-hybridized carbons (Fsp3) is 0.190. The molecule has 1 aromatic heterocycles. The molecular weight excluding hydrogens is 391 g/mol. The second-order valence-electron chi connectivity index (χ2n) is 6.17. The van der Waals surface area contributed by atoms with Crippen LogP contribution in [0.4, 0.5) is 10.1 Å². The van der Waals surface area contributed by atoms with Crippen molar-refractivity contribution in [3.8, 4) is 5.75 Å². The summed E-state index contributed by atoms with van der Waals surface area (Å²) in [6, 6.07) is 13.5. The molecule has 0 spiro atoms. The minimum absolute atomic E-state index is 0.133. The molecule has 2 aromatic carbocycles. The molecule has 6 nitrogen and oxygen atoms in total. The lowest BCUT2D eigenvalue weighted by molar-refractivity contribution is -0.113. The molecule has 29 heavy (non-hydrogen) atoms. The van der Waals surface area contributed by atoms with Crippen molar-refractivity contribution >= 4 is 23.4 Å². The maximum absolute atomic E-state index is 13.2. The standard InChI is InChI=1S/C21H21FN4O2S/c1-3-11-26-19(12-15-7-9-18(28-2)10-8-15)24-25-21(26)29-14-20(27)23-17-6-4-5-16(22)13-17/h3-10,13H,1,11-12,14H2,2H3,(H,23,27). The van der Waals surface area contributed by atoms with E-state index in [1.807, 2.05) is 28.8 Å². The van der Waals surface area contributed by atoms with E-state index >= 15 is 0 Å². The number of anilines is 1. The first kappa shape index (κ1) is 20.6. The average Bonchev–Trinajstić information content (AvgIpc) is 3.09. The normalized spacial score (nSPS) is 10.6. The van der Waals surface area contributed by atoms with E-state index in [9.17, 15) is 9.18 Å². The van der Waals surface area contributed by atoms with E-state index in [0.29, 0.717) is 23.8 Å². The van der Waals surface area contributed by atoms with Gasteiger partial charge in [0.1, 0.15) is 17.4 Å². The second kappa shape index (κ2) is 9.88. The van der Waals surface area contributed by atoms with Crippen LogP contribution in [0.1, 0.15) is 11.4 Å². The summed E-state index contributed by atoms with van der Waals surface area (Å²) in [5, 5.41) is 11.8. The summed E-state index contributed by atoms with van der Waals surface area (Å²) in [7, 11) is 1.63. The molecule has 1 heterocycles. The summed E-state index contributed by atoms with van der Waals surface area (Å²) >= 11 is 1.27. The van der Waals surface area contributed by atoms with E-state index < -0.39 is 5.82 Å². The Morgan fingerprint density at radius 3 is 2.76 bits per heavy atom. The van der Waals surface area contributed by atoms with Crippen LogP contribution < -0.4 is 10.1 Å². The minimum Gasteiger partial charge on any atom is -0.497 e. The molecule has 1 N–H and O–H groups in total. The van der Waals surface area contributed by atoms with Crippen molar-refractivity contribution in [2.45, 2.75) is 18.1 Å². The van der Waals surface area contributed by atoms with Crippen molar-refractivity contribution in [1.82, 2.24) is 14.8 Å². The number of methoxy groups -OCH3 is 1. The molecule has 0 bridgehead atoms. The van der Waals surface area contributed by atoms with Gasteiger partial charge in [-0.05, 0) is 35.9 Å². The molecule has 0 aliphatic rings. The Bertz CT molecular complexity index is 989. The molecule has 0 fully saturated rings. The number of rotatable bonds is 9. The summed E-state index contributed by atoms with van der Waals surface area (Å²) in [4.78, 5) is 12.2. The quantitative estimate of drug-likeness (QED) is 0.426. The monoisotopic (exact) mass is 412 g/mol. The third kappa shape index (κ3) is 5.68. The van der Waals surface area contributed by atoms with Crippen LogP contribution >= 0.6 is 11.8 Å². The topological polar surface area (TPSA) is 69.0 Å². The van der Waals surface area contributed by atoms with Crippen LogP contribution in [0.2, 0.25) is 0 Å². The van der Waals surface area contributed by atoms with Crippen LogP contribution in [0.3, 0.4) is 0 Å². The van der Waals surface area contributed by atoms with Gasteiger partial charge in [0.2, 0.25) is 5.91 Å². The van der Waals surface area contributed by atoms with Gasteiger partial charge in [0, 0.05) is 18.7 Å². The van der Waals surface area contributed by atoms with Gasteiger partial charge >= 0.3 is 0 Å². The minimum atomic E-state index is -0.399. The lowest BCUT2D eigenvalue weighted by Gasteiger charge is -2.09. The Balaban J connectivity index is 1.65. The fourth-order valence-corrected chi connectivity index (χ4v) is 3.46. The fourth-order valence-electron chi connectivity index (χ4n) is 2.69. The number of nitrogens with one attached hydrogen (secondary N) is 1. The lowest BCUT2D eigenvalue weighted by atomic mass is 10.1. The van der Waals surface area contributed by atoms with Crippen molar-refractivity contribution in [1.29, 1.82) is 0 Å². The third-order valence-corrected chi connectivity index (χ3v) is 5.03. The SMILES string of the molecule is C=CCn1c(Cc2ccc(OC)cc2)nnc1SCC(=O)Nc1cccc(F)c1. The number of halogens is 1. The van der Waals surface area contributed by atoms with Gasteiger partial charge in [-0.15, -0.1) is 16.8 Å². The number of carbonyl (C=O) groups excluding carboxylic acids is 1. The van der Waals surface area contributed by atoms with E-state index in [2.05, 4.69) is 22.1 Å². The average molecular weight is 412 g/mol. The number of hydrogen-bond donors (Lipinski definition) is 1. The number of allylic oxidation sites excluding steroid dienone is 1. The Kier molecular flexibility index (Phi) is 7.02. The number of hydrogen-bond acceptors (Lipinski definition) is 5. The number of thioether (sulfide) groups is 1. The summed E-state index contributed by atoms with van der Waals surface area (Å²) in [5.74, 6) is 1.06. The molecule has 0 aliphatic carbocycles. The predicted molar refractivity (Wildman–Crippen MR) is 112 cm³/mol. The first-order valence-corrected chi connectivity index (χ1v) is 9.91. The van der Waals surface area contributed by atoms with Crippen molar-refractivity contribution in [2.24, 2.45) is 0 Å². The molecule has 0 unspecified atom stereocenters. The number of amides is 1. The van der Waals surface area contributed by atoms with Crippen molar-refractivity contribution in [3.63, 3.8) is 0 Å². The zero-order valence-electron chi connectivity index (χ0n) is 16.0. The van der Waals surface area contributed by atoms with Crippen LogP contribution in [0, 0.1) is 5.82 Å². The highest BCUT2D eigenvalue weighted by Gasteiger charge is 2.14. The molecule has 0 atom stereocenters. The molecule has 150 valence electrons. The first-order chi connectivity index (χ1) is 14.1. The van der Waals surface area contributed by atoms with Gasteiger partial charge in [-0.2, -0.15) is 0 Å². The Labute approximate surface area is 172 Å². The van der Waals surface area contributed by atoms with Gasteiger partial charge < -0.3 is 14.6 Å². The highest BCUT2D eigenvalue weighted by atomic mass is 32.2. The van der Waals surface area contributed by atoms with E-state index in [1.165, 1.54) is 23.9 Å². The van der Waals surface area contributed by atoms with Crippen LogP contribution in [0.15, 0.2) is 66.3 Å². The number of ether oxygens (including phenoxy) is 1. The van der Waals surface area contributed by atoms with E-state index in [-0.39, 0.29) is 11.7 Å². The number of carbonyl (C=O) groups is 1. The molecule has 3 aromatic rings.